The number of fused-ring (bicyclic) bond motifs is 1. The topological polar surface area (TPSA) is 112 Å². The molecule has 11 heteroatoms. The van der Waals surface area contributed by atoms with E-state index in [9.17, 15) is 33.2 Å². The molecule has 1 N–H and O–H groups in total. The number of halogens is 3. The van der Waals surface area contributed by atoms with Crippen molar-refractivity contribution in [2.24, 2.45) is 0 Å². The lowest BCUT2D eigenvalue weighted by Gasteiger charge is -2.14. The Labute approximate surface area is 188 Å². The fourth-order valence-corrected chi connectivity index (χ4v) is 3.12. The maximum absolute atomic E-state index is 13.6. The summed E-state index contributed by atoms with van der Waals surface area (Å²) in [5.41, 5.74) is -1.37. The van der Waals surface area contributed by atoms with Crippen LogP contribution in [0.1, 0.15) is 11.3 Å². The molecule has 3 aromatic carbocycles. The summed E-state index contributed by atoms with van der Waals surface area (Å²) < 4.78 is 56.5. The van der Waals surface area contributed by atoms with Gasteiger partial charge in [-0.1, -0.05) is 30.3 Å². The molecule has 174 valence electrons. The maximum Gasteiger partial charge on any atom is 0.453 e. The summed E-state index contributed by atoms with van der Waals surface area (Å²) in [6.07, 6.45) is -5.11. The summed E-state index contributed by atoms with van der Waals surface area (Å²) in [5.74, 6) is -3.86. The first-order valence-electron chi connectivity index (χ1n) is 9.63. The number of phenols is 1. The van der Waals surface area contributed by atoms with Crippen LogP contribution >= 0.6 is 0 Å². The zero-order valence-electron chi connectivity index (χ0n) is 17.0. The highest BCUT2D eigenvalue weighted by Gasteiger charge is 2.40. The van der Waals surface area contributed by atoms with Gasteiger partial charge in [0, 0.05) is 18.2 Å². The van der Waals surface area contributed by atoms with Gasteiger partial charge in [0.25, 0.3) is 5.76 Å². The summed E-state index contributed by atoms with van der Waals surface area (Å²) in [4.78, 5) is 23.4. The second-order valence-corrected chi connectivity index (χ2v) is 7.03. The summed E-state index contributed by atoms with van der Waals surface area (Å²) in [6, 6.07) is 14.8. The Hall–Kier alpha value is -4.54. The van der Waals surface area contributed by atoms with E-state index in [-0.39, 0.29) is 23.5 Å². The van der Waals surface area contributed by atoms with Crippen molar-refractivity contribution >= 4 is 16.7 Å². The van der Waals surface area contributed by atoms with Crippen molar-refractivity contribution in [2.45, 2.75) is 12.8 Å². The number of phenolic OH excluding ortho intramolecular Hbond substituents is 1. The van der Waals surface area contributed by atoms with E-state index in [2.05, 4.69) is 0 Å². The van der Waals surface area contributed by atoms with Crippen LogP contribution in [0.15, 0.2) is 75.9 Å². The van der Waals surface area contributed by atoms with Gasteiger partial charge >= 0.3 is 11.9 Å². The van der Waals surface area contributed by atoms with Gasteiger partial charge in [-0.25, -0.2) is 0 Å². The second-order valence-electron chi connectivity index (χ2n) is 7.03. The summed E-state index contributed by atoms with van der Waals surface area (Å²) in [5, 5.41) is 20.6. The largest absolute Gasteiger partial charge is 0.508 e. The van der Waals surface area contributed by atoms with Crippen molar-refractivity contribution in [3.05, 3.63) is 98.4 Å². The molecule has 34 heavy (non-hydrogen) atoms. The van der Waals surface area contributed by atoms with Crippen LogP contribution in [0.5, 0.6) is 23.0 Å². The monoisotopic (exact) mass is 473 g/mol. The molecule has 4 aromatic rings. The van der Waals surface area contributed by atoms with Gasteiger partial charge in [0.15, 0.2) is 0 Å². The Morgan fingerprint density at radius 3 is 2.44 bits per heavy atom. The number of nitro groups is 1. The number of hydrogen-bond donors (Lipinski definition) is 1. The van der Waals surface area contributed by atoms with Gasteiger partial charge in [0.05, 0.1) is 10.3 Å². The first kappa shape index (κ1) is 22.6. The minimum Gasteiger partial charge on any atom is -0.508 e. The van der Waals surface area contributed by atoms with Crippen molar-refractivity contribution < 1.29 is 37.1 Å². The maximum atomic E-state index is 13.6. The van der Waals surface area contributed by atoms with Crippen molar-refractivity contribution in [3.8, 4) is 23.0 Å². The Morgan fingerprint density at radius 1 is 1.03 bits per heavy atom. The van der Waals surface area contributed by atoms with E-state index in [1.165, 1.54) is 0 Å². The molecule has 8 nitrogen and oxygen atoms in total. The summed E-state index contributed by atoms with van der Waals surface area (Å²) in [7, 11) is 0. The van der Waals surface area contributed by atoms with E-state index in [0.717, 1.165) is 36.4 Å². The zero-order valence-corrected chi connectivity index (χ0v) is 17.0. The third kappa shape index (κ3) is 4.63. The number of hydrogen-bond acceptors (Lipinski definition) is 7. The molecule has 0 unspecified atom stereocenters. The van der Waals surface area contributed by atoms with Crippen molar-refractivity contribution in [3.63, 3.8) is 0 Å². The van der Waals surface area contributed by atoms with Gasteiger partial charge < -0.3 is 19.0 Å². The van der Waals surface area contributed by atoms with Gasteiger partial charge in [0.1, 0.15) is 23.7 Å². The van der Waals surface area contributed by atoms with E-state index in [0.29, 0.717) is 5.56 Å². The number of alkyl halides is 3. The predicted octanol–water partition coefficient (Wildman–Crippen LogP) is 5.80. The van der Waals surface area contributed by atoms with Crippen molar-refractivity contribution in [2.75, 3.05) is 0 Å². The van der Waals surface area contributed by atoms with E-state index in [1.54, 1.807) is 30.3 Å². The molecule has 1 heterocycles. The molecule has 0 bridgehead atoms. The average Bonchev–Trinajstić information content (AvgIpc) is 2.79. The molecule has 0 aliphatic rings. The summed E-state index contributed by atoms with van der Waals surface area (Å²) >= 11 is 0. The fourth-order valence-electron chi connectivity index (χ4n) is 3.12. The Morgan fingerprint density at radius 2 is 1.76 bits per heavy atom. The van der Waals surface area contributed by atoms with E-state index < -0.39 is 45.1 Å². The molecule has 4 rings (SSSR count). The fraction of sp³-hybridized carbons (Fsp3) is 0.0870. The van der Waals surface area contributed by atoms with Gasteiger partial charge in [0.2, 0.25) is 16.9 Å². The van der Waals surface area contributed by atoms with Gasteiger partial charge in [-0.15, -0.1) is 0 Å². The smallest absolute Gasteiger partial charge is 0.453 e. The van der Waals surface area contributed by atoms with Crippen LogP contribution in [0.25, 0.3) is 11.0 Å². The molecule has 0 aliphatic heterocycles. The van der Waals surface area contributed by atoms with Crippen LogP contribution in [-0.4, -0.2) is 10.0 Å². The van der Waals surface area contributed by atoms with E-state index in [1.807, 2.05) is 0 Å². The molecule has 0 radical (unpaired) electrons. The molecule has 1 aromatic heterocycles. The number of nitro benzene ring substituents is 1. The lowest BCUT2D eigenvalue weighted by Crippen LogP contribution is -2.15. The molecule has 0 amide bonds. The van der Waals surface area contributed by atoms with Gasteiger partial charge in [-0.3, -0.25) is 14.9 Å². The average molecular weight is 473 g/mol. The van der Waals surface area contributed by atoms with Crippen LogP contribution in [-0.2, 0) is 12.8 Å². The Kier molecular flexibility index (Phi) is 5.84. The molecular weight excluding hydrogens is 459 g/mol. The van der Waals surface area contributed by atoms with Crippen LogP contribution in [0, 0.1) is 10.1 Å². The zero-order chi connectivity index (χ0) is 24.5. The first-order chi connectivity index (χ1) is 16.1. The lowest BCUT2D eigenvalue weighted by atomic mass is 10.2. The third-order valence-corrected chi connectivity index (χ3v) is 4.68. The van der Waals surface area contributed by atoms with Crippen LogP contribution in [0.2, 0.25) is 0 Å². The standard InChI is InChI=1S/C23H14F3NO7/c24-23(25,26)22-21(20(29)16-8-6-14(28)10-18(16)34-22)33-15-7-9-17(27(30)31)19(11-15)32-12-13-4-2-1-3-5-13/h1-11,28H,12H2. The third-order valence-electron chi connectivity index (χ3n) is 4.68. The van der Waals surface area contributed by atoms with E-state index in [4.69, 9.17) is 13.9 Å². The van der Waals surface area contributed by atoms with Crippen LogP contribution in [0.3, 0.4) is 0 Å². The number of rotatable bonds is 6. The first-order valence-corrected chi connectivity index (χ1v) is 9.63. The minimum atomic E-state index is -5.11. The number of ether oxygens (including phenoxy) is 2. The highest BCUT2D eigenvalue weighted by Crippen LogP contribution is 2.40. The SMILES string of the molecule is O=c1c(Oc2ccc([N+](=O)[O-])c(OCc3ccccc3)c2)c(C(F)(F)F)oc2cc(O)ccc12. The number of benzene rings is 3. The minimum absolute atomic E-state index is 0.0550. The highest BCUT2D eigenvalue weighted by atomic mass is 19.4. The van der Waals surface area contributed by atoms with Gasteiger partial charge in [-0.05, 0) is 23.8 Å². The highest BCUT2D eigenvalue weighted by molar-refractivity contribution is 5.79. The lowest BCUT2D eigenvalue weighted by molar-refractivity contribution is -0.386. The van der Waals surface area contributed by atoms with Gasteiger partial charge in [-0.2, -0.15) is 13.2 Å². The van der Waals surface area contributed by atoms with Crippen LogP contribution in [0.4, 0.5) is 18.9 Å². The summed E-state index contributed by atoms with van der Waals surface area (Å²) in [6.45, 7) is -0.0550. The number of aromatic hydroxyl groups is 1. The molecular formula is C23H14F3NO7. The molecule has 0 saturated carbocycles. The Bertz CT molecular complexity index is 1430. The quantitative estimate of drug-likeness (QED) is 0.278. The molecule has 0 fully saturated rings. The van der Waals surface area contributed by atoms with Crippen LogP contribution < -0.4 is 14.9 Å². The molecule has 0 aliphatic carbocycles. The second kappa shape index (κ2) is 8.77. The van der Waals surface area contributed by atoms with Crippen molar-refractivity contribution in [1.29, 1.82) is 0 Å². The normalized spacial score (nSPS) is 11.4. The molecule has 0 spiro atoms. The Balaban J connectivity index is 1.76. The predicted molar refractivity (Wildman–Crippen MR) is 113 cm³/mol. The number of nitrogens with zero attached hydrogens (tertiary/aromatic N) is 1. The van der Waals surface area contributed by atoms with Crippen molar-refractivity contribution in [1.82, 2.24) is 0 Å². The molecule has 0 atom stereocenters. The molecule has 0 saturated heterocycles. The van der Waals surface area contributed by atoms with E-state index >= 15 is 0 Å².